The van der Waals surface area contributed by atoms with E-state index in [2.05, 4.69) is 24.4 Å². The van der Waals surface area contributed by atoms with E-state index in [1.54, 1.807) is 0 Å². The monoisotopic (exact) mass is 401 g/mol. The van der Waals surface area contributed by atoms with E-state index in [0.29, 0.717) is 12.8 Å². The van der Waals surface area contributed by atoms with E-state index in [1.807, 2.05) is 30.3 Å². The molecule has 4 heteroatoms. The first-order valence-electron chi connectivity index (χ1n) is 11.3. The van der Waals surface area contributed by atoms with Crippen LogP contribution in [-0.2, 0) is 16.0 Å². The second-order valence-corrected chi connectivity index (χ2v) is 7.78. The van der Waals surface area contributed by atoms with Crippen molar-refractivity contribution in [3.05, 3.63) is 48.0 Å². The fourth-order valence-electron chi connectivity index (χ4n) is 3.32. The van der Waals surface area contributed by atoms with Gasteiger partial charge >= 0.3 is 5.97 Å². The molecular formula is C25H39NO3. The van der Waals surface area contributed by atoms with Crippen LogP contribution in [0.4, 0.5) is 0 Å². The van der Waals surface area contributed by atoms with Gasteiger partial charge < -0.3 is 10.4 Å². The topological polar surface area (TPSA) is 66.4 Å². The Labute approximate surface area is 176 Å². The number of carboxylic acid groups (broad SMARTS) is 1. The molecule has 1 aromatic rings. The van der Waals surface area contributed by atoms with Crippen molar-refractivity contribution >= 4 is 11.9 Å². The van der Waals surface area contributed by atoms with Crippen molar-refractivity contribution in [2.24, 2.45) is 0 Å². The first-order chi connectivity index (χ1) is 14.1. The average Bonchev–Trinajstić information content (AvgIpc) is 2.71. The summed E-state index contributed by atoms with van der Waals surface area (Å²) in [5.41, 5.74) is 0.912. The Kier molecular flexibility index (Phi) is 14.5. The van der Waals surface area contributed by atoms with Crippen LogP contribution in [0.5, 0.6) is 0 Å². The molecule has 0 radical (unpaired) electrons. The second kappa shape index (κ2) is 16.8. The van der Waals surface area contributed by atoms with E-state index in [0.717, 1.165) is 31.2 Å². The fourth-order valence-corrected chi connectivity index (χ4v) is 3.32. The van der Waals surface area contributed by atoms with Gasteiger partial charge in [-0.05, 0) is 37.7 Å². The van der Waals surface area contributed by atoms with Crippen LogP contribution >= 0.6 is 0 Å². The predicted molar refractivity (Wildman–Crippen MR) is 120 cm³/mol. The van der Waals surface area contributed by atoms with E-state index >= 15 is 0 Å². The normalized spacial score (nSPS) is 12.2. The maximum atomic E-state index is 12.1. The minimum atomic E-state index is -0.986. The van der Waals surface area contributed by atoms with E-state index < -0.39 is 12.0 Å². The van der Waals surface area contributed by atoms with Gasteiger partial charge in [-0.2, -0.15) is 0 Å². The van der Waals surface area contributed by atoms with Gasteiger partial charge in [-0.15, -0.1) is 0 Å². The van der Waals surface area contributed by atoms with Crippen molar-refractivity contribution in [1.82, 2.24) is 5.32 Å². The van der Waals surface area contributed by atoms with Crippen LogP contribution in [0.25, 0.3) is 0 Å². The number of carbonyl (C=O) groups is 2. The molecule has 0 saturated heterocycles. The molecule has 1 aromatic carbocycles. The summed E-state index contributed by atoms with van der Waals surface area (Å²) in [6.45, 7) is 2.24. The SMILES string of the molecule is CCCCCC/C=C\CCCCCCCC(=O)N[C@@H](Cc1ccccc1)C(=O)O. The van der Waals surface area contributed by atoms with Crippen molar-refractivity contribution in [1.29, 1.82) is 0 Å². The van der Waals surface area contributed by atoms with Crippen LogP contribution < -0.4 is 5.32 Å². The molecule has 0 spiro atoms. The summed E-state index contributed by atoms with van der Waals surface area (Å²) in [6.07, 6.45) is 18.3. The third kappa shape index (κ3) is 13.7. The highest BCUT2D eigenvalue weighted by Gasteiger charge is 2.19. The highest BCUT2D eigenvalue weighted by molar-refractivity contribution is 5.83. The van der Waals surface area contributed by atoms with Gasteiger partial charge in [0.15, 0.2) is 0 Å². The van der Waals surface area contributed by atoms with Gasteiger partial charge in [-0.25, -0.2) is 4.79 Å². The number of unbranched alkanes of at least 4 members (excludes halogenated alkanes) is 9. The molecule has 1 rings (SSSR count). The van der Waals surface area contributed by atoms with Gasteiger partial charge in [-0.3, -0.25) is 4.79 Å². The molecule has 0 aliphatic heterocycles. The number of nitrogens with one attached hydrogen (secondary N) is 1. The van der Waals surface area contributed by atoms with Crippen molar-refractivity contribution in [3.63, 3.8) is 0 Å². The maximum Gasteiger partial charge on any atom is 0.326 e. The second-order valence-electron chi connectivity index (χ2n) is 7.78. The highest BCUT2D eigenvalue weighted by atomic mass is 16.4. The molecule has 0 unspecified atom stereocenters. The van der Waals surface area contributed by atoms with Crippen LogP contribution in [0, 0.1) is 0 Å². The molecule has 0 fully saturated rings. The largest absolute Gasteiger partial charge is 0.480 e. The van der Waals surface area contributed by atoms with Crippen LogP contribution in [0.3, 0.4) is 0 Å². The van der Waals surface area contributed by atoms with Crippen molar-refractivity contribution in [2.75, 3.05) is 0 Å². The predicted octanol–water partition coefficient (Wildman–Crippen LogP) is 6.06. The van der Waals surface area contributed by atoms with E-state index in [-0.39, 0.29) is 5.91 Å². The molecular weight excluding hydrogens is 362 g/mol. The maximum absolute atomic E-state index is 12.1. The van der Waals surface area contributed by atoms with Crippen LogP contribution in [-0.4, -0.2) is 23.0 Å². The number of aliphatic carboxylic acids is 1. The summed E-state index contributed by atoms with van der Waals surface area (Å²) in [7, 11) is 0. The van der Waals surface area contributed by atoms with Gasteiger partial charge in [0.05, 0.1) is 0 Å². The molecule has 162 valence electrons. The Balaban J connectivity index is 2.05. The first kappa shape index (κ1) is 24.9. The number of amides is 1. The number of benzene rings is 1. The zero-order chi connectivity index (χ0) is 21.2. The molecule has 29 heavy (non-hydrogen) atoms. The number of rotatable bonds is 17. The average molecular weight is 402 g/mol. The van der Waals surface area contributed by atoms with Crippen LogP contribution in [0.2, 0.25) is 0 Å². The third-order valence-corrected chi connectivity index (χ3v) is 5.08. The fraction of sp³-hybridized carbons (Fsp3) is 0.600. The van der Waals surface area contributed by atoms with E-state index in [1.165, 1.54) is 44.9 Å². The lowest BCUT2D eigenvalue weighted by Gasteiger charge is -2.14. The third-order valence-electron chi connectivity index (χ3n) is 5.08. The zero-order valence-electron chi connectivity index (χ0n) is 18.1. The molecule has 0 saturated carbocycles. The summed E-state index contributed by atoms with van der Waals surface area (Å²) in [6, 6.07) is 8.54. The molecule has 1 atom stereocenters. The highest BCUT2D eigenvalue weighted by Crippen LogP contribution is 2.09. The lowest BCUT2D eigenvalue weighted by atomic mass is 10.1. The standard InChI is InChI=1S/C25H39NO3/c1-2-3-4-5-6-7-8-9-10-11-12-13-17-20-24(27)26-23(25(28)29)21-22-18-15-14-16-19-22/h7-8,14-16,18-19,23H,2-6,9-13,17,20-21H2,1H3,(H,26,27)(H,28,29)/b8-7-/t23-/m0/s1. The van der Waals surface area contributed by atoms with Crippen molar-refractivity contribution < 1.29 is 14.7 Å². The van der Waals surface area contributed by atoms with Crippen LogP contribution in [0.15, 0.2) is 42.5 Å². The van der Waals surface area contributed by atoms with Gasteiger partial charge in [0.1, 0.15) is 6.04 Å². The molecule has 0 heterocycles. The van der Waals surface area contributed by atoms with Crippen LogP contribution in [0.1, 0.15) is 89.5 Å². The molecule has 0 aliphatic carbocycles. The summed E-state index contributed by atoms with van der Waals surface area (Å²) >= 11 is 0. The Hall–Kier alpha value is -2.10. The van der Waals surface area contributed by atoms with E-state index in [9.17, 15) is 14.7 Å². The molecule has 2 N–H and O–H groups in total. The minimum absolute atomic E-state index is 0.167. The van der Waals surface area contributed by atoms with Gasteiger partial charge in [0, 0.05) is 12.8 Å². The quantitative estimate of drug-likeness (QED) is 0.246. The lowest BCUT2D eigenvalue weighted by molar-refractivity contribution is -0.141. The summed E-state index contributed by atoms with van der Waals surface area (Å²) in [5, 5.41) is 12.0. The summed E-state index contributed by atoms with van der Waals surface area (Å²) in [4.78, 5) is 23.5. The molecule has 0 bridgehead atoms. The Morgan fingerprint density at radius 2 is 1.48 bits per heavy atom. The van der Waals surface area contributed by atoms with Gasteiger partial charge in [0.2, 0.25) is 5.91 Å². The minimum Gasteiger partial charge on any atom is -0.480 e. The molecule has 0 aliphatic rings. The zero-order valence-corrected chi connectivity index (χ0v) is 18.1. The summed E-state index contributed by atoms with van der Waals surface area (Å²) in [5.74, 6) is -1.15. The number of allylic oxidation sites excluding steroid dienone is 2. The Morgan fingerprint density at radius 3 is 2.10 bits per heavy atom. The molecule has 4 nitrogen and oxygen atoms in total. The smallest absolute Gasteiger partial charge is 0.326 e. The van der Waals surface area contributed by atoms with Gasteiger partial charge in [-0.1, -0.05) is 87.9 Å². The van der Waals surface area contributed by atoms with E-state index in [4.69, 9.17) is 0 Å². The Bertz CT molecular complexity index is 583. The van der Waals surface area contributed by atoms with Crippen molar-refractivity contribution in [2.45, 2.75) is 96.4 Å². The number of carbonyl (C=O) groups excluding carboxylic acids is 1. The number of hydrogen-bond donors (Lipinski definition) is 2. The first-order valence-corrected chi connectivity index (χ1v) is 11.3. The molecule has 1 amide bonds. The summed E-state index contributed by atoms with van der Waals surface area (Å²) < 4.78 is 0. The lowest BCUT2D eigenvalue weighted by Crippen LogP contribution is -2.42. The molecule has 0 aromatic heterocycles. The number of carboxylic acids is 1. The van der Waals surface area contributed by atoms with Gasteiger partial charge in [0.25, 0.3) is 0 Å². The van der Waals surface area contributed by atoms with Crippen molar-refractivity contribution in [3.8, 4) is 0 Å². The Morgan fingerprint density at radius 1 is 0.897 bits per heavy atom. The number of hydrogen-bond acceptors (Lipinski definition) is 2.